The standard InChI is InChI=1S/C16H20N4O2/c21-16(14-5-3-9-22-14)20-8-2-1-4-13(20)15-18-17-11-19(15)10-12-6-7-12/h3,5,9,11-13H,1-2,4,6-8,10H2. The Kier molecular flexibility index (Phi) is 3.44. The van der Waals surface area contributed by atoms with E-state index in [1.807, 2.05) is 4.90 Å². The quantitative estimate of drug-likeness (QED) is 0.870. The molecule has 2 aromatic rings. The third kappa shape index (κ3) is 2.53. The molecule has 116 valence electrons. The van der Waals surface area contributed by atoms with Gasteiger partial charge in [-0.1, -0.05) is 0 Å². The van der Waals surface area contributed by atoms with Crippen LogP contribution in [0, 0.1) is 5.92 Å². The second-order valence-corrected chi connectivity index (χ2v) is 6.27. The molecule has 2 fully saturated rings. The lowest BCUT2D eigenvalue weighted by Gasteiger charge is -2.34. The molecule has 0 spiro atoms. The Bertz CT molecular complexity index is 645. The van der Waals surface area contributed by atoms with Crippen molar-refractivity contribution in [3.63, 3.8) is 0 Å². The summed E-state index contributed by atoms with van der Waals surface area (Å²) in [4.78, 5) is 14.6. The lowest BCUT2D eigenvalue weighted by Crippen LogP contribution is -2.39. The minimum absolute atomic E-state index is 0.00704. The van der Waals surface area contributed by atoms with Crippen molar-refractivity contribution in [3.05, 3.63) is 36.3 Å². The first-order valence-electron chi connectivity index (χ1n) is 8.05. The zero-order valence-corrected chi connectivity index (χ0v) is 12.5. The highest BCUT2D eigenvalue weighted by Crippen LogP contribution is 2.34. The molecule has 1 unspecified atom stereocenters. The fraction of sp³-hybridized carbons (Fsp3) is 0.562. The average molecular weight is 300 g/mol. The van der Waals surface area contributed by atoms with E-state index in [1.54, 1.807) is 24.7 Å². The number of carbonyl (C=O) groups excluding carboxylic acids is 1. The SMILES string of the molecule is O=C(c1ccco1)N1CCCCC1c1nncn1CC1CC1. The first kappa shape index (κ1) is 13.5. The lowest BCUT2D eigenvalue weighted by molar-refractivity contribution is 0.0561. The third-order valence-electron chi connectivity index (χ3n) is 4.59. The largest absolute Gasteiger partial charge is 0.459 e. The summed E-state index contributed by atoms with van der Waals surface area (Å²) >= 11 is 0. The zero-order chi connectivity index (χ0) is 14.9. The van der Waals surface area contributed by atoms with E-state index >= 15 is 0 Å². The molecule has 0 bridgehead atoms. The van der Waals surface area contributed by atoms with Crippen LogP contribution in [-0.2, 0) is 6.54 Å². The first-order chi connectivity index (χ1) is 10.8. The first-order valence-corrected chi connectivity index (χ1v) is 8.05. The Balaban J connectivity index is 1.60. The molecule has 1 atom stereocenters. The minimum Gasteiger partial charge on any atom is -0.459 e. The highest BCUT2D eigenvalue weighted by atomic mass is 16.3. The van der Waals surface area contributed by atoms with Crippen molar-refractivity contribution in [2.75, 3.05) is 6.54 Å². The number of rotatable bonds is 4. The van der Waals surface area contributed by atoms with Crippen LogP contribution in [0.15, 0.2) is 29.1 Å². The van der Waals surface area contributed by atoms with E-state index in [4.69, 9.17) is 4.42 Å². The second kappa shape index (κ2) is 5.59. The topological polar surface area (TPSA) is 64.2 Å². The van der Waals surface area contributed by atoms with Gasteiger partial charge in [-0.3, -0.25) is 4.79 Å². The Hall–Kier alpha value is -2.11. The summed E-state index contributed by atoms with van der Waals surface area (Å²) in [6, 6.07) is 3.48. The van der Waals surface area contributed by atoms with Gasteiger partial charge in [-0.2, -0.15) is 0 Å². The summed E-state index contributed by atoms with van der Waals surface area (Å²) in [5.41, 5.74) is 0. The minimum atomic E-state index is -0.0457. The van der Waals surface area contributed by atoms with Crippen LogP contribution in [0.1, 0.15) is 54.5 Å². The number of hydrogen-bond acceptors (Lipinski definition) is 4. The van der Waals surface area contributed by atoms with Gasteiger partial charge in [-0.05, 0) is 50.2 Å². The zero-order valence-electron chi connectivity index (χ0n) is 12.5. The average Bonchev–Trinajstić information content (AvgIpc) is 3.03. The normalized spacial score (nSPS) is 22.0. The van der Waals surface area contributed by atoms with E-state index in [-0.39, 0.29) is 11.9 Å². The number of likely N-dealkylation sites (tertiary alicyclic amines) is 1. The molecule has 4 rings (SSSR count). The molecule has 0 aromatic carbocycles. The van der Waals surface area contributed by atoms with Crippen molar-refractivity contribution >= 4 is 5.91 Å². The van der Waals surface area contributed by atoms with E-state index in [0.29, 0.717) is 5.76 Å². The predicted octanol–water partition coefficient (Wildman–Crippen LogP) is 2.65. The van der Waals surface area contributed by atoms with Crippen molar-refractivity contribution in [1.82, 2.24) is 19.7 Å². The second-order valence-electron chi connectivity index (χ2n) is 6.27. The Morgan fingerprint density at radius 3 is 3.00 bits per heavy atom. The molecule has 2 aromatic heterocycles. The molecule has 0 radical (unpaired) electrons. The maximum absolute atomic E-state index is 12.7. The molecule has 1 saturated heterocycles. The molecular formula is C16H20N4O2. The number of carbonyl (C=O) groups is 1. The molecule has 22 heavy (non-hydrogen) atoms. The van der Waals surface area contributed by atoms with Gasteiger partial charge in [0, 0.05) is 13.1 Å². The summed E-state index contributed by atoms with van der Waals surface area (Å²) in [5, 5.41) is 8.41. The summed E-state index contributed by atoms with van der Waals surface area (Å²) in [5.74, 6) is 2.04. The van der Waals surface area contributed by atoms with Crippen molar-refractivity contribution in [2.24, 2.45) is 5.92 Å². The highest BCUT2D eigenvalue weighted by Gasteiger charge is 2.34. The van der Waals surface area contributed by atoms with Crippen LogP contribution in [0.4, 0.5) is 0 Å². The van der Waals surface area contributed by atoms with Gasteiger partial charge >= 0.3 is 0 Å². The van der Waals surface area contributed by atoms with Crippen LogP contribution < -0.4 is 0 Å². The van der Waals surface area contributed by atoms with E-state index in [2.05, 4.69) is 14.8 Å². The molecule has 1 saturated carbocycles. The number of hydrogen-bond donors (Lipinski definition) is 0. The molecule has 1 aliphatic carbocycles. The molecule has 0 N–H and O–H groups in total. The smallest absolute Gasteiger partial charge is 0.290 e. The number of amides is 1. The highest BCUT2D eigenvalue weighted by molar-refractivity contribution is 5.91. The van der Waals surface area contributed by atoms with Gasteiger partial charge in [0.2, 0.25) is 0 Å². The Morgan fingerprint density at radius 1 is 1.32 bits per heavy atom. The number of furan rings is 1. The third-order valence-corrected chi connectivity index (χ3v) is 4.59. The summed E-state index contributed by atoms with van der Waals surface area (Å²) < 4.78 is 7.42. The molecule has 3 heterocycles. The van der Waals surface area contributed by atoms with E-state index in [1.165, 1.54) is 12.8 Å². The van der Waals surface area contributed by atoms with Gasteiger partial charge in [0.05, 0.1) is 12.3 Å². The van der Waals surface area contributed by atoms with Crippen LogP contribution in [0.3, 0.4) is 0 Å². The Labute approximate surface area is 129 Å². The molecule has 6 heteroatoms. The molecule has 1 amide bonds. The summed E-state index contributed by atoms with van der Waals surface area (Å²) in [7, 11) is 0. The Morgan fingerprint density at radius 2 is 2.23 bits per heavy atom. The lowest BCUT2D eigenvalue weighted by atomic mass is 10.0. The fourth-order valence-electron chi connectivity index (χ4n) is 3.23. The van der Waals surface area contributed by atoms with Crippen LogP contribution in [0.2, 0.25) is 0 Å². The van der Waals surface area contributed by atoms with Gasteiger partial charge in [-0.25, -0.2) is 0 Å². The van der Waals surface area contributed by atoms with E-state index < -0.39 is 0 Å². The van der Waals surface area contributed by atoms with E-state index in [9.17, 15) is 4.79 Å². The summed E-state index contributed by atoms with van der Waals surface area (Å²) in [6.07, 6.45) is 9.01. The van der Waals surface area contributed by atoms with Crippen molar-refractivity contribution in [1.29, 1.82) is 0 Å². The van der Waals surface area contributed by atoms with Crippen molar-refractivity contribution < 1.29 is 9.21 Å². The molecule has 2 aliphatic rings. The van der Waals surface area contributed by atoms with Gasteiger partial charge < -0.3 is 13.9 Å². The predicted molar refractivity (Wildman–Crippen MR) is 79.1 cm³/mol. The molecule has 1 aliphatic heterocycles. The van der Waals surface area contributed by atoms with Gasteiger partial charge in [-0.15, -0.1) is 10.2 Å². The monoisotopic (exact) mass is 300 g/mol. The maximum Gasteiger partial charge on any atom is 0.290 e. The number of piperidine rings is 1. The number of aromatic nitrogens is 3. The molecular weight excluding hydrogens is 280 g/mol. The van der Waals surface area contributed by atoms with Crippen LogP contribution in [-0.4, -0.2) is 32.1 Å². The van der Waals surface area contributed by atoms with E-state index in [0.717, 1.165) is 44.1 Å². The van der Waals surface area contributed by atoms with Crippen molar-refractivity contribution in [2.45, 2.75) is 44.7 Å². The van der Waals surface area contributed by atoms with Gasteiger partial charge in [0.15, 0.2) is 11.6 Å². The fourth-order valence-corrected chi connectivity index (χ4v) is 3.23. The van der Waals surface area contributed by atoms with Gasteiger partial charge in [0.1, 0.15) is 6.33 Å². The van der Waals surface area contributed by atoms with Crippen molar-refractivity contribution in [3.8, 4) is 0 Å². The van der Waals surface area contributed by atoms with Crippen LogP contribution in [0.25, 0.3) is 0 Å². The number of nitrogens with zero attached hydrogens (tertiary/aromatic N) is 4. The molecule has 6 nitrogen and oxygen atoms in total. The van der Waals surface area contributed by atoms with Crippen LogP contribution >= 0.6 is 0 Å². The van der Waals surface area contributed by atoms with Gasteiger partial charge in [0.25, 0.3) is 5.91 Å². The maximum atomic E-state index is 12.7. The summed E-state index contributed by atoms with van der Waals surface area (Å²) in [6.45, 7) is 1.72. The van der Waals surface area contributed by atoms with Crippen LogP contribution in [0.5, 0.6) is 0 Å².